The fourth-order valence-electron chi connectivity index (χ4n) is 3.86. The monoisotopic (exact) mass is 601 g/mol. The third-order valence-electron chi connectivity index (χ3n) is 5.81. The Labute approximate surface area is 232 Å². The standard InChI is InChI=1S/C28H32BrN3O5S/c1-4-30-28(34)21(3)31(19-22-10-9-11-23(29)18-22)27(33)20-32(24-14-16-25(17-15-24)37-5-2)38(35,36)26-12-7-6-8-13-26/h6-18,21H,4-5,19-20H2,1-3H3,(H,30,34)/t21-/m1/s1. The van der Waals surface area contributed by atoms with Crippen LogP contribution in [0.15, 0.2) is 88.2 Å². The second-order valence-corrected chi connectivity index (χ2v) is 11.3. The molecule has 1 atom stereocenters. The van der Waals surface area contributed by atoms with Gasteiger partial charge in [0.15, 0.2) is 0 Å². The second kappa shape index (κ2) is 13.4. The van der Waals surface area contributed by atoms with Crippen LogP contribution in [0.1, 0.15) is 26.3 Å². The van der Waals surface area contributed by atoms with Crippen LogP contribution in [0.2, 0.25) is 0 Å². The minimum Gasteiger partial charge on any atom is -0.494 e. The zero-order valence-electron chi connectivity index (χ0n) is 21.6. The summed E-state index contributed by atoms with van der Waals surface area (Å²) in [5.41, 5.74) is 1.10. The fraction of sp³-hybridized carbons (Fsp3) is 0.286. The van der Waals surface area contributed by atoms with E-state index >= 15 is 0 Å². The minimum absolute atomic E-state index is 0.0528. The number of nitrogens with zero attached hydrogens (tertiary/aromatic N) is 2. The topological polar surface area (TPSA) is 96.0 Å². The van der Waals surface area contributed by atoms with Crippen LogP contribution < -0.4 is 14.4 Å². The van der Waals surface area contributed by atoms with E-state index in [0.717, 1.165) is 14.3 Å². The number of sulfonamides is 1. The molecule has 0 aliphatic rings. The second-order valence-electron chi connectivity index (χ2n) is 8.47. The maximum Gasteiger partial charge on any atom is 0.264 e. The van der Waals surface area contributed by atoms with Gasteiger partial charge < -0.3 is 15.0 Å². The zero-order chi connectivity index (χ0) is 27.7. The Kier molecular flexibility index (Phi) is 10.3. The Balaban J connectivity index is 2.01. The summed E-state index contributed by atoms with van der Waals surface area (Å²) in [6, 6.07) is 21.0. The van der Waals surface area contributed by atoms with Crippen LogP contribution in [0, 0.1) is 0 Å². The number of hydrogen-bond acceptors (Lipinski definition) is 5. The Morgan fingerprint density at radius 3 is 2.26 bits per heavy atom. The van der Waals surface area contributed by atoms with Gasteiger partial charge in [-0.2, -0.15) is 0 Å². The van der Waals surface area contributed by atoms with Crippen molar-refractivity contribution in [2.24, 2.45) is 0 Å². The predicted molar refractivity (Wildman–Crippen MR) is 151 cm³/mol. The number of hydrogen-bond donors (Lipinski definition) is 1. The number of carbonyl (C=O) groups is 2. The van der Waals surface area contributed by atoms with E-state index in [1.807, 2.05) is 31.2 Å². The molecule has 38 heavy (non-hydrogen) atoms. The molecular formula is C28H32BrN3O5S. The minimum atomic E-state index is -4.11. The molecule has 2 amide bonds. The molecule has 0 saturated heterocycles. The molecule has 0 radical (unpaired) electrons. The molecule has 3 rings (SSSR count). The van der Waals surface area contributed by atoms with Crippen LogP contribution >= 0.6 is 15.9 Å². The largest absolute Gasteiger partial charge is 0.494 e. The summed E-state index contributed by atoms with van der Waals surface area (Å²) < 4.78 is 34.9. The van der Waals surface area contributed by atoms with E-state index in [2.05, 4.69) is 21.2 Å². The third-order valence-corrected chi connectivity index (χ3v) is 8.09. The zero-order valence-corrected chi connectivity index (χ0v) is 24.0. The van der Waals surface area contributed by atoms with E-state index in [4.69, 9.17) is 4.74 Å². The van der Waals surface area contributed by atoms with Crippen LogP contribution in [0.5, 0.6) is 5.75 Å². The molecule has 0 aromatic heterocycles. The molecular weight excluding hydrogens is 570 g/mol. The van der Waals surface area contributed by atoms with E-state index in [1.54, 1.807) is 56.3 Å². The predicted octanol–water partition coefficient (Wildman–Crippen LogP) is 4.60. The highest BCUT2D eigenvalue weighted by Crippen LogP contribution is 2.26. The molecule has 8 nitrogen and oxygen atoms in total. The van der Waals surface area contributed by atoms with Gasteiger partial charge in [-0.25, -0.2) is 8.42 Å². The SMILES string of the molecule is CCNC(=O)[C@@H](C)N(Cc1cccc(Br)c1)C(=O)CN(c1ccc(OCC)cc1)S(=O)(=O)c1ccccc1. The van der Waals surface area contributed by atoms with Crippen molar-refractivity contribution >= 4 is 43.5 Å². The summed E-state index contributed by atoms with van der Waals surface area (Å²) in [7, 11) is -4.11. The van der Waals surface area contributed by atoms with Gasteiger partial charge in [-0.15, -0.1) is 0 Å². The molecule has 0 saturated carbocycles. The first-order valence-electron chi connectivity index (χ1n) is 12.3. The molecule has 0 heterocycles. The lowest BCUT2D eigenvalue weighted by Crippen LogP contribution is -2.51. The number of anilines is 1. The van der Waals surface area contributed by atoms with Gasteiger partial charge in [0.25, 0.3) is 10.0 Å². The van der Waals surface area contributed by atoms with Crippen LogP contribution in [0.25, 0.3) is 0 Å². The number of carbonyl (C=O) groups excluding carboxylic acids is 2. The lowest BCUT2D eigenvalue weighted by molar-refractivity contribution is -0.139. The van der Waals surface area contributed by atoms with Gasteiger partial charge in [0.1, 0.15) is 18.3 Å². The first-order chi connectivity index (χ1) is 18.2. The van der Waals surface area contributed by atoms with Gasteiger partial charge >= 0.3 is 0 Å². The van der Waals surface area contributed by atoms with Crippen LogP contribution in [0.3, 0.4) is 0 Å². The van der Waals surface area contributed by atoms with Crippen LogP contribution in [-0.4, -0.2) is 50.9 Å². The number of halogens is 1. The van der Waals surface area contributed by atoms with Crippen molar-refractivity contribution in [3.05, 3.63) is 88.9 Å². The lowest BCUT2D eigenvalue weighted by Gasteiger charge is -2.32. The summed E-state index contributed by atoms with van der Waals surface area (Å²) in [6.45, 7) is 5.78. The van der Waals surface area contributed by atoms with Gasteiger partial charge in [-0.05, 0) is 74.9 Å². The Bertz CT molecular complexity index is 1330. The van der Waals surface area contributed by atoms with Crippen molar-refractivity contribution in [1.82, 2.24) is 10.2 Å². The Morgan fingerprint density at radius 2 is 1.66 bits per heavy atom. The van der Waals surface area contributed by atoms with Gasteiger partial charge in [0.2, 0.25) is 11.8 Å². The number of amides is 2. The highest BCUT2D eigenvalue weighted by molar-refractivity contribution is 9.10. The summed E-state index contributed by atoms with van der Waals surface area (Å²) in [4.78, 5) is 28.0. The summed E-state index contributed by atoms with van der Waals surface area (Å²) in [5, 5.41) is 2.75. The maximum atomic E-state index is 13.8. The molecule has 10 heteroatoms. The normalized spacial score (nSPS) is 11.9. The number of ether oxygens (including phenoxy) is 1. The first kappa shape index (κ1) is 29.2. The average molecular weight is 603 g/mol. The van der Waals surface area contributed by atoms with E-state index in [9.17, 15) is 18.0 Å². The Morgan fingerprint density at radius 1 is 0.974 bits per heavy atom. The number of nitrogens with one attached hydrogen (secondary N) is 1. The van der Waals surface area contributed by atoms with Crippen molar-refractivity contribution in [1.29, 1.82) is 0 Å². The molecule has 0 aliphatic heterocycles. The average Bonchev–Trinajstić information content (AvgIpc) is 2.91. The van der Waals surface area contributed by atoms with Crippen molar-refractivity contribution in [2.45, 2.75) is 38.3 Å². The molecule has 0 spiro atoms. The molecule has 3 aromatic carbocycles. The van der Waals surface area contributed by atoms with Gasteiger partial charge in [-0.1, -0.05) is 46.3 Å². The van der Waals surface area contributed by atoms with Crippen molar-refractivity contribution in [2.75, 3.05) is 24.0 Å². The van der Waals surface area contributed by atoms with Crippen molar-refractivity contribution in [3.63, 3.8) is 0 Å². The molecule has 0 unspecified atom stereocenters. The number of benzene rings is 3. The van der Waals surface area contributed by atoms with Crippen molar-refractivity contribution < 1.29 is 22.7 Å². The van der Waals surface area contributed by atoms with Crippen LogP contribution in [0.4, 0.5) is 5.69 Å². The summed E-state index contributed by atoms with van der Waals surface area (Å²) in [5.74, 6) is -0.257. The van der Waals surface area contributed by atoms with Gasteiger partial charge in [0.05, 0.1) is 17.2 Å². The Hall–Kier alpha value is -3.37. The number of rotatable bonds is 12. The summed E-state index contributed by atoms with van der Waals surface area (Å²) in [6.07, 6.45) is 0. The first-order valence-corrected chi connectivity index (χ1v) is 14.5. The van der Waals surface area contributed by atoms with E-state index in [0.29, 0.717) is 24.6 Å². The van der Waals surface area contributed by atoms with Crippen LogP contribution in [-0.2, 0) is 26.2 Å². The molecule has 1 N–H and O–H groups in total. The lowest BCUT2D eigenvalue weighted by atomic mass is 10.1. The van der Waals surface area contributed by atoms with E-state index in [-0.39, 0.29) is 17.3 Å². The highest BCUT2D eigenvalue weighted by atomic mass is 79.9. The molecule has 0 fully saturated rings. The highest BCUT2D eigenvalue weighted by Gasteiger charge is 2.32. The maximum absolute atomic E-state index is 13.8. The van der Waals surface area contributed by atoms with Gasteiger partial charge in [0, 0.05) is 17.6 Å². The molecule has 0 bridgehead atoms. The molecule has 3 aromatic rings. The molecule has 202 valence electrons. The van der Waals surface area contributed by atoms with E-state index < -0.39 is 28.5 Å². The quantitative estimate of drug-likeness (QED) is 0.327. The van der Waals surface area contributed by atoms with Gasteiger partial charge in [-0.3, -0.25) is 13.9 Å². The third kappa shape index (κ3) is 7.35. The fourth-order valence-corrected chi connectivity index (χ4v) is 5.74. The molecule has 0 aliphatic carbocycles. The van der Waals surface area contributed by atoms with E-state index in [1.165, 1.54) is 17.0 Å². The smallest absolute Gasteiger partial charge is 0.264 e. The summed E-state index contributed by atoms with van der Waals surface area (Å²) >= 11 is 3.44. The number of likely N-dealkylation sites (N-methyl/N-ethyl adjacent to an activating group) is 1. The van der Waals surface area contributed by atoms with Crippen molar-refractivity contribution in [3.8, 4) is 5.75 Å².